The van der Waals surface area contributed by atoms with Crippen molar-refractivity contribution in [2.45, 2.75) is 19.1 Å². The maximum absolute atomic E-state index is 12.9. The summed E-state index contributed by atoms with van der Waals surface area (Å²) in [6.07, 6.45) is 1.12. The smallest absolute Gasteiger partial charge is 0.398 e. The van der Waals surface area contributed by atoms with E-state index < -0.39 is 42.7 Å². The maximum atomic E-state index is 12.9. The van der Waals surface area contributed by atoms with E-state index >= 15 is 0 Å². The summed E-state index contributed by atoms with van der Waals surface area (Å²) in [5.74, 6) is -3.93. The van der Waals surface area contributed by atoms with Crippen molar-refractivity contribution in [3.8, 4) is 0 Å². The van der Waals surface area contributed by atoms with Crippen molar-refractivity contribution in [1.29, 1.82) is 0 Å². The lowest BCUT2D eigenvalue weighted by Gasteiger charge is -2.25. The Bertz CT molecular complexity index is 920. The number of amides is 3. The molecule has 0 aromatic heterocycles. The van der Waals surface area contributed by atoms with Crippen LogP contribution in [0.2, 0.25) is 0 Å². The summed E-state index contributed by atoms with van der Waals surface area (Å²) in [6.45, 7) is -0.527. The van der Waals surface area contributed by atoms with E-state index in [1.807, 2.05) is 5.43 Å². The number of nitrogens with two attached hydrogens (primary N) is 1. The molecule has 0 saturated heterocycles. The minimum Gasteiger partial charge on any atom is -0.454 e. The molecule has 31 heavy (non-hydrogen) atoms. The second-order valence-corrected chi connectivity index (χ2v) is 6.29. The number of nitrogens with one attached hydrogen (secondary N) is 2. The number of hydrogen-bond acceptors (Lipinski definition) is 7. The fourth-order valence-electron chi connectivity index (χ4n) is 2.55. The van der Waals surface area contributed by atoms with E-state index in [2.05, 4.69) is 5.43 Å². The predicted octanol–water partition coefficient (Wildman–Crippen LogP) is -0.262. The molecule has 10 nitrogen and oxygen atoms in total. The molecule has 2 aromatic carbocycles. The highest BCUT2D eigenvalue weighted by molar-refractivity contribution is 6.32. The van der Waals surface area contributed by atoms with Crippen LogP contribution < -0.4 is 21.5 Å². The second kappa shape index (κ2) is 11.8. The highest BCUT2D eigenvalue weighted by atomic mass is 16.5. The summed E-state index contributed by atoms with van der Waals surface area (Å²) in [5, 5.41) is 0. The van der Waals surface area contributed by atoms with Crippen LogP contribution in [0, 0.1) is 0 Å². The number of hydrazine groups is 1. The van der Waals surface area contributed by atoms with Crippen molar-refractivity contribution in [2.75, 3.05) is 11.4 Å². The van der Waals surface area contributed by atoms with Gasteiger partial charge in [-0.25, -0.2) is 10.2 Å². The van der Waals surface area contributed by atoms with Gasteiger partial charge in [0.05, 0.1) is 13.0 Å². The molecule has 161 valence electrons. The quantitative estimate of drug-likeness (QED) is 0.270. The SMILES string of the molecule is NC(=O)C[C@H](NNC(=O)C(=O)OCc1ccccc1)C(=O)N(C[C]=O)c1ccccc1. The molecular formula is C21H21N4O6. The molecule has 3 amide bonds. The number of primary amides is 1. The molecule has 4 N–H and O–H groups in total. The van der Waals surface area contributed by atoms with E-state index in [0.717, 1.165) is 4.90 Å². The summed E-state index contributed by atoms with van der Waals surface area (Å²) >= 11 is 0. The van der Waals surface area contributed by atoms with Crippen molar-refractivity contribution in [3.05, 3.63) is 66.2 Å². The lowest BCUT2D eigenvalue weighted by molar-refractivity contribution is -0.156. The Balaban J connectivity index is 2.01. The first-order valence-corrected chi connectivity index (χ1v) is 9.18. The van der Waals surface area contributed by atoms with Gasteiger partial charge in [-0.05, 0) is 17.7 Å². The zero-order chi connectivity index (χ0) is 22.6. The highest BCUT2D eigenvalue weighted by Gasteiger charge is 2.28. The number of benzene rings is 2. The van der Waals surface area contributed by atoms with Crippen LogP contribution in [0.3, 0.4) is 0 Å². The van der Waals surface area contributed by atoms with Crippen molar-refractivity contribution in [1.82, 2.24) is 10.9 Å². The van der Waals surface area contributed by atoms with Crippen molar-refractivity contribution in [3.63, 3.8) is 0 Å². The molecule has 0 heterocycles. The Morgan fingerprint density at radius 3 is 2.19 bits per heavy atom. The molecule has 2 rings (SSSR count). The van der Waals surface area contributed by atoms with Crippen LogP contribution in [0.4, 0.5) is 5.69 Å². The van der Waals surface area contributed by atoms with E-state index in [4.69, 9.17) is 10.5 Å². The monoisotopic (exact) mass is 425 g/mol. The Morgan fingerprint density at radius 1 is 1.00 bits per heavy atom. The number of ether oxygens (including phenoxy) is 1. The molecule has 0 unspecified atom stereocenters. The fourth-order valence-corrected chi connectivity index (χ4v) is 2.55. The summed E-state index contributed by atoms with van der Waals surface area (Å²) in [7, 11) is 0. The van der Waals surface area contributed by atoms with Crippen LogP contribution in [-0.2, 0) is 35.3 Å². The number of para-hydroxylation sites is 1. The Kier molecular flexibility index (Phi) is 8.87. The zero-order valence-electron chi connectivity index (χ0n) is 16.4. The minimum absolute atomic E-state index is 0.117. The third-order valence-electron chi connectivity index (χ3n) is 4.02. The topological polar surface area (TPSA) is 148 Å². The van der Waals surface area contributed by atoms with Crippen LogP contribution in [0.1, 0.15) is 12.0 Å². The van der Waals surface area contributed by atoms with Crippen molar-refractivity contribution in [2.24, 2.45) is 5.73 Å². The number of rotatable bonds is 10. The summed E-state index contributed by atoms with van der Waals surface area (Å²) in [5.41, 5.74) is 10.6. The van der Waals surface area contributed by atoms with Gasteiger partial charge < -0.3 is 15.4 Å². The molecule has 1 radical (unpaired) electrons. The first-order chi connectivity index (χ1) is 14.9. The van der Waals surface area contributed by atoms with Crippen molar-refractivity contribution < 1.29 is 28.7 Å². The van der Waals surface area contributed by atoms with Gasteiger partial charge in [0.25, 0.3) is 0 Å². The normalized spacial score (nSPS) is 11.1. The molecule has 0 aliphatic heterocycles. The maximum Gasteiger partial charge on any atom is 0.398 e. The van der Waals surface area contributed by atoms with Crippen LogP contribution in [0.5, 0.6) is 0 Å². The Morgan fingerprint density at radius 2 is 1.61 bits per heavy atom. The molecule has 0 saturated carbocycles. The van der Waals surface area contributed by atoms with Gasteiger partial charge in [-0.3, -0.25) is 24.6 Å². The van der Waals surface area contributed by atoms with Gasteiger partial charge in [-0.1, -0.05) is 48.5 Å². The van der Waals surface area contributed by atoms with Gasteiger partial charge in [0.15, 0.2) is 0 Å². The number of carbonyl (C=O) groups excluding carboxylic acids is 5. The van der Waals surface area contributed by atoms with Gasteiger partial charge in [0.2, 0.25) is 18.1 Å². The largest absolute Gasteiger partial charge is 0.454 e. The third-order valence-corrected chi connectivity index (χ3v) is 4.02. The standard InChI is InChI=1S/C21H21N4O6/c22-18(27)13-17(20(29)25(11-12-26)16-9-5-2-6-10-16)23-24-19(28)21(30)31-14-15-7-3-1-4-8-15/h1-10,17,23H,11,13-14H2,(H2,22,27)(H,24,28)/t17-/m0/s1. The van der Waals surface area contributed by atoms with E-state index in [1.165, 1.54) is 0 Å². The lowest BCUT2D eigenvalue weighted by atomic mass is 10.1. The molecule has 1 atom stereocenters. The van der Waals surface area contributed by atoms with Gasteiger partial charge in [0, 0.05) is 5.69 Å². The van der Waals surface area contributed by atoms with E-state index in [9.17, 15) is 24.0 Å². The lowest BCUT2D eigenvalue weighted by Crippen LogP contribution is -2.55. The first kappa shape index (κ1) is 23.2. The number of anilines is 1. The van der Waals surface area contributed by atoms with Gasteiger partial charge >= 0.3 is 11.9 Å². The Labute approximate surface area is 178 Å². The van der Waals surface area contributed by atoms with E-state index in [1.54, 1.807) is 66.9 Å². The van der Waals surface area contributed by atoms with Crippen LogP contribution in [0.25, 0.3) is 0 Å². The predicted molar refractivity (Wildman–Crippen MR) is 110 cm³/mol. The van der Waals surface area contributed by atoms with Crippen LogP contribution in [0.15, 0.2) is 60.7 Å². The molecule has 0 spiro atoms. The average Bonchev–Trinajstić information content (AvgIpc) is 2.79. The molecular weight excluding hydrogens is 404 g/mol. The molecule has 10 heteroatoms. The van der Waals surface area contributed by atoms with Gasteiger partial charge in [-0.15, -0.1) is 0 Å². The fraction of sp³-hybridized carbons (Fsp3) is 0.190. The third kappa shape index (κ3) is 7.37. The summed E-state index contributed by atoms with van der Waals surface area (Å²) in [4.78, 5) is 60.1. The molecule has 0 bridgehead atoms. The first-order valence-electron chi connectivity index (χ1n) is 9.18. The molecule has 2 aromatic rings. The van der Waals surface area contributed by atoms with Crippen molar-refractivity contribution >= 4 is 35.7 Å². The van der Waals surface area contributed by atoms with Crippen LogP contribution in [-0.4, -0.2) is 42.6 Å². The molecule has 0 aliphatic carbocycles. The van der Waals surface area contributed by atoms with E-state index in [-0.39, 0.29) is 6.61 Å². The zero-order valence-corrected chi connectivity index (χ0v) is 16.4. The number of carbonyl (C=O) groups is 4. The Hall–Kier alpha value is -4.05. The van der Waals surface area contributed by atoms with Gasteiger partial charge in [0.1, 0.15) is 12.6 Å². The second-order valence-electron chi connectivity index (χ2n) is 6.29. The summed E-state index contributed by atoms with van der Waals surface area (Å²) < 4.78 is 4.89. The highest BCUT2D eigenvalue weighted by Crippen LogP contribution is 2.14. The minimum atomic E-state index is -1.34. The molecule has 0 fully saturated rings. The van der Waals surface area contributed by atoms with Crippen LogP contribution >= 0.6 is 0 Å². The van der Waals surface area contributed by atoms with Gasteiger partial charge in [-0.2, -0.15) is 0 Å². The number of nitrogens with zero attached hydrogens (tertiary/aromatic N) is 1. The average molecular weight is 425 g/mol. The summed E-state index contributed by atoms with van der Waals surface area (Å²) in [6, 6.07) is 15.6. The van der Waals surface area contributed by atoms with E-state index in [0.29, 0.717) is 11.3 Å². The number of esters is 1. The molecule has 0 aliphatic rings. The number of hydrogen-bond donors (Lipinski definition) is 3.